The van der Waals surface area contributed by atoms with E-state index in [9.17, 15) is 4.79 Å². The van der Waals surface area contributed by atoms with Crippen LogP contribution in [-0.4, -0.2) is 60.1 Å². The average molecular weight is 308 g/mol. The summed E-state index contributed by atoms with van der Waals surface area (Å²) in [4.78, 5) is 17.1. The predicted octanol–water partition coefficient (Wildman–Crippen LogP) is 2.67. The zero-order chi connectivity index (χ0) is 15.6. The molecule has 0 radical (unpaired) electrons. The number of carbonyl (C=O) groups excluding carboxylic acids is 1. The predicted molar refractivity (Wildman–Crippen MR) is 87.8 cm³/mol. The van der Waals surface area contributed by atoms with Gasteiger partial charge in [-0.2, -0.15) is 0 Å². The topological polar surface area (TPSA) is 32.8 Å². The molecule has 1 amide bonds. The zero-order valence-electron chi connectivity index (χ0n) is 14.4. The van der Waals surface area contributed by atoms with Crippen LogP contribution < -0.4 is 0 Å². The number of likely N-dealkylation sites (tertiary alicyclic amines) is 1. The van der Waals surface area contributed by atoms with E-state index in [2.05, 4.69) is 23.6 Å². The lowest BCUT2D eigenvalue weighted by Gasteiger charge is -2.45. The second-order valence-corrected chi connectivity index (χ2v) is 7.47. The molecule has 4 nitrogen and oxygen atoms in total. The summed E-state index contributed by atoms with van der Waals surface area (Å²) in [7, 11) is 0. The summed E-state index contributed by atoms with van der Waals surface area (Å²) in [5.74, 6) is 1.19. The van der Waals surface area contributed by atoms with Gasteiger partial charge in [0.05, 0.1) is 12.2 Å². The first kappa shape index (κ1) is 16.3. The first-order chi connectivity index (χ1) is 10.7. The second-order valence-electron chi connectivity index (χ2n) is 7.47. The molecule has 2 saturated heterocycles. The first-order valence-electron chi connectivity index (χ1n) is 9.31. The minimum absolute atomic E-state index is 0.0439. The molecule has 3 aliphatic rings. The van der Waals surface area contributed by atoms with Gasteiger partial charge in [0.2, 0.25) is 5.91 Å². The smallest absolute Gasteiger partial charge is 0.222 e. The molecule has 1 aliphatic carbocycles. The van der Waals surface area contributed by atoms with Gasteiger partial charge in [0.1, 0.15) is 0 Å². The van der Waals surface area contributed by atoms with Crippen molar-refractivity contribution >= 4 is 5.91 Å². The molecule has 3 fully saturated rings. The zero-order valence-corrected chi connectivity index (χ0v) is 14.4. The van der Waals surface area contributed by atoms with Gasteiger partial charge in [-0.1, -0.05) is 13.8 Å². The maximum Gasteiger partial charge on any atom is 0.222 e. The average Bonchev–Trinajstić information content (AvgIpc) is 3.38. The van der Waals surface area contributed by atoms with Crippen molar-refractivity contribution in [3.8, 4) is 0 Å². The molecule has 0 unspecified atom stereocenters. The third kappa shape index (κ3) is 3.65. The third-order valence-corrected chi connectivity index (χ3v) is 6.03. The summed E-state index contributed by atoms with van der Waals surface area (Å²) in [5, 5.41) is 0. The molecule has 126 valence electrons. The molecule has 2 aliphatic heterocycles. The number of carbonyl (C=O) groups is 1. The van der Waals surface area contributed by atoms with Crippen LogP contribution in [-0.2, 0) is 9.53 Å². The van der Waals surface area contributed by atoms with Crippen LogP contribution in [0.5, 0.6) is 0 Å². The number of ether oxygens (including phenoxy) is 1. The van der Waals surface area contributed by atoms with Crippen LogP contribution in [0.15, 0.2) is 0 Å². The van der Waals surface area contributed by atoms with Crippen molar-refractivity contribution in [1.29, 1.82) is 0 Å². The maximum absolute atomic E-state index is 12.3. The van der Waals surface area contributed by atoms with E-state index in [1.165, 1.54) is 12.8 Å². The van der Waals surface area contributed by atoms with E-state index in [4.69, 9.17) is 4.74 Å². The van der Waals surface area contributed by atoms with Gasteiger partial charge in [-0.25, -0.2) is 0 Å². The van der Waals surface area contributed by atoms with Gasteiger partial charge in [-0.05, 0) is 44.4 Å². The van der Waals surface area contributed by atoms with Crippen molar-refractivity contribution in [3.63, 3.8) is 0 Å². The Labute approximate surface area is 135 Å². The Bertz CT molecular complexity index is 391. The number of amides is 1. The highest BCUT2D eigenvalue weighted by Gasteiger charge is 2.37. The SMILES string of the molecule is CCC1(CC)CN([C@@H]2CCC(=O)N(CC3CC3)CC2)CCO1. The molecule has 22 heavy (non-hydrogen) atoms. The number of morpholine rings is 1. The molecular formula is C18H32N2O2. The van der Waals surface area contributed by atoms with E-state index in [0.717, 1.165) is 70.8 Å². The van der Waals surface area contributed by atoms with E-state index >= 15 is 0 Å². The summed E-state index contributed by atoms with van der Waals surface area (Å²) in [6, 6.07) is 0.564. The van der Waals surface area contributed by atoms with Crippen molar-refractivity contribution < 1.29 is 9.53 Å². The van der Waals surface area contributed by atoms with Gasteiger partial charge >= 0.3 is 0 Å². The monoisotopic (exact) mass is 308 g/mol. The summed E-state index contributed by atoms with van der Waals surface area (Å²) >= 11 is 0. The Morgan fingerprint density at radius 1 is 1.14 bits per heavy atom. The Hall–Kier alpha value is -0.610. The normalized spacial score (nSPS) is 30.4. The van der Waals surface area contributed by atoms with E-state index < -0.39 is 0 Å². The number of hydrogen-bond acceptors (Lipinski definition) is 3. The molecule has 0 aromatic rings. The highest BCUT2D eigenvalue weighted by atomic mass is 16.5. The fourth-order valence-corrected chi connectivity index (χ4v) is 4.06. The summed E-state index contributed by atoms with van der Waals surface area (Å²) in [6.45, 7) is 9.37. The highest BCUT2D eigenvalue weighted by Crippen LogP contribution is 2.32. The Morgan fingerprint density at radius 3 is 2.59 bits per heavy atom. The van der Waals surface area contributed by atoms with Crippen LogP contribution in [0.25, 0.3) is 0 Å². The first-order valence-corrected chi connectivity index (χ1v) is 9.31. The molecular weight excluding hydrogens is 276 g/mol. The van der Waals surface area contributed by atoms with Gasteiger partial charge in [0, 0.05) is 38.6 Å². The standard InChI is InChI=1S/C18H32N2O2/c1-3-18(4-2)14-20(11-12-22-18)16-7-8-17(21)19(10-9-16)13-15-5-6-15/h15-16H,3-14H2,1-2H3/t16-/m1/s1. The minimum atomic E-state index is 0.0439. The van der Waals surface area contributed by atoms with Crippen molar-refractivity contribution in [2.75, 3.05) is 32.8 Å². The summed E-state index contributed by atoms with van der Waals surface area (Å²) in [6.07, 6.45) is 7.72. The van der Waals surface area contributed by atoms with Crippen LogP contribution in [0.3, 0.4) is 0 Å². The van der Waals surface area contributed by atoms with Gasteiger partial charge in [0.15, 0.2) is 0 Å². The van der Waals surface area contributed by atoms with Crippen LogP contribution in [0, 0.1) is 5.92 Å². The summed E-state index contributed by atoms with van der Waals surface area (Å²) < 4.78 is 6.10. The molecule has 3 rings (SSSR count). The fraction of sp³-hybridized carbons (Fsp3) is 0.944. The van der Waals surface area contributed by atoms with Crippen molar-refractivity contribution in [2.24, 2.45) is 5.92 Å². The van der Waals surface area contributed by atoms with Gasteiger partial charge in [0.25, 0.3) is 0 Å². The molecule has 0 aromatic carbocycles. The van der Waals surface area contributed by atoms with Crippen molar-refractivity contribution in [2.45, 2.75) is 70.4 Å². The van der Waals surface area contributed by atoms with Gasteiger partial charge < -0.3 is 9.64 Å². The maximum atomic E-state index is 12.3. The lowest BCUT2D eigenvalue weighted by Crippen LogP contribution is -2.54. The van der Waals surface area contributed by atoms with Crippen molar-refractivity contribution in [1.82, 2.24) is 9.80 Å². The molecule has 2 heterocycles. The van der Waals surface area contributed by atoms with Gasteiger partial charge in [-0.3, -0.25) is 9.69 Å². The van der Waals surface area contributed by atoms with E-state index in [1.54, 1.807) is 0 Å². The Balaban J connectivity index is 1.58. The number of nitrogens with zero attached hydrogens (tertiary/aromatic N) is 2. The molecule has 0 aromatic heterocycles. The van der Waals surface area contributed by atoms with Crippen LogP contribution in [0.2, 0.25) is 0 Å². The molecule has 1 saturated carbocycles. The van der Waals surface area contributed by atoms with Gasteiger partial charge in [-0.15, -0.1) is 0 Å². The van der Waals surface area contributed by atoms with E-state index in [-0.39, 0.29) is 5.60 Å². The molecule has 0 N–H and O–H groups in total. The third-order valence-electron chi connectivity index (χ3n) is 6.03. The summed E-state index contributed by atoms with van der Waals surface area (Å²) in [5.41, 5.74) is 0.0439. The lowest BCUT2D eigenvalue weighted by molar-refractivity contribution is -0.131. The fourth-order valence-electron chi connectivity index (χ4n) is 4.06. The molecule has 0 spiro atoms. The molecule has 4 heteroatoms. The largest absolute Gasteiger partial charge is 0.372 e. The Kier molecular flexibility index (Phi) is 5.08. The van der Waals surface area contributed by atoms with Crippen LogP contribution >= 0.6 is 0 Å². The second kappa shape index (κ2) is 6.88. The lowest BCUT2D eigenvalue weighted by atomic mass is 9.93. The Morgan fingerprint density at radius 2 is 1.91 bits per heavy atom. The number of hydrogen-bond donors (Lipinski definition) is 0. The van der Waals surface area contributed by atoms with Crippen LogP contribution in [0.4, 0.5) is 0 Å². The quantitative estimate of drug-likeness (QED) is 0.783. The molecule has 0 bridgehead atoms. The highest BCUT2D eigenvalue weighted by molar-refractivity contribution is 5.76. The van der Waals surface area contributed by atoms with E-state index in [1.807, 2.05) is 0 Å². The van der Waals surface area contributed by atoms with Crippen LogP contribution in [0.1, 0.15) is 58.8 Å². The number of rotatable bonds is 5. The van der Waals surface area contributed by atoms with E-state index in [0.29, 0.717) is 11.9 Å². The minimum Gasteiger partial charge on any atom is -0.372 e. The molecule has 1 atom stereocenters. The van der Waals surface area contributed by atoms with Crippen molar-refractivity contribution in [3.05, 3.63) is 0 Å².